The van der Waals surface area contributed by atoms with Gasteiger partial charge in [0.2, 0.25) is 18.4 Å². The second-order valence-corrected chi connectivity index (χ2v) is 11.4. The van der Waals surface area contributed by atoms with Crippen LogP contribution in [0.3, 0.4) is 0 Å². The highest BCUT2D eigenvalue weighted by molar-refractivity contribution is 5.79. The van der Waals surface area contributed by atoms with E-state index < -0.39 is 11.9 Å². The summed E-state index contributed by atoms with van der Waals surface area (Å²) in [6.45, 7) is 6.32. The van der Waals surface area contributed by atoms with Crippen LogP contribution in [0.4, 0.5) is 0 Å². The van der Waals surface area contributed by atoms with Crippen molar-refractivity contribution in [1.29, 1.82) is 0 Å². The minimum atomic E-state index is -0.883. The predicted molar refractivity (Wildman–Crippen MR) is 153 cm³/mol. The summed E-state index contributed by atoms with van der Waals surface area (Å²) in [5, 5.41) is 10.5. The number of hydrogen-bond donors (Lipinski definition) is 1. The van der Waals surface area contributed by atoms with Gasteiger partial charge in [-0.1, -0.05) is 13.3 Å². The topological polar surface area (TPSA) is 110 Å². The highest BCUT2D eigenvalue weighted by Crippen LogP contribution is 2.47. The van der Waals surface area contributed by atoms with Gasteiger partial charge in [-0.05, 0) is 70.4 Å². The normalized spacial score (nSPS) is 22.5. The third kappa shape index (κ3) is 8.03. The maximum atomic E-state index is 13.7. The molecule has 230 valence electrons. The number of hydrogen-bond acceptors (Lipinski definition) is 9. The lowest BCUT2D eigenvalue weighted by molar-refractivity contribution is -0.144. The van der Waals surface area contributed by atoms with E-state index in [0.29, 0.717) is 62.9 Å². The van der Waals surface area contributed by atoms with Crippen molar-refractivity contribution in [3.8, 4) is 17.2 Å². The minimum absolute atomic E-state index is 0.0507. The zero-order valence-electron chi connectivity index (χ0n) is 25.0. The lowest BCUT2D eigenvalue weighted by Gasteiger charge is -2.30. The third-order valence-corrected chi connectivity index (χ3v) is 8.29. The van der Waals surface area contributed by atoms with Crippen molar-refractivity contribution < 1.29 is 38.4 Å². The predicted octanol–water partition coefficient (Wildman–Crippen LogP) is 3.02. The maximum Gasteiger partial charge on any atom is 0.308 e. The van der Waals surface area contributed by atoms with E-state index in [1.807, 2.05) is 17.0 Å². The Labute approximate surface area is 243 Å². The number of carbonyl (C=O) groups is 2. The highest BCUT2D eigenvalue weighted by Gasteiger charge is 2.48. The van der Waals surface area contributed by atoms with Crippen molar-refractivity contribution in [2.45, 2.75) is 63.7 Å². The zero-order valence-corrected chi connectivity index (χ0v) is 25.0. The van der Waals surface area contributed by atoms with Crippen LogP contribution in [0.25, 0.3) is 0 Å². The van der Waals surface area contributed by atoms with Crippen LogP contribution in [-0.4, -0.2) is 118 Å². The Morgan fingerprint density at radius 2 is 1.78 bits per heavy atom. The first-order valence-electron chi connectivity index (χ1n) is 14.9. The molecule has 0 spiro atoms. The molecule has 4 rings (SSSR count). The summed E-state index contributed by atoms with van der Waals surface area (Å²) in [5.41, 5.74) is 0.804. The van der Waals surface area contributed by atoms with Gasteiger partial charge in [0.25, 0.3) is 0 Å². The van der Waals surface area contributed by atoms with Crippen molar-refractivity contribution in [1.82, 2.24) is 14.7 Å². The van der Waals surface area contributed by atoms with Crippen LogP contribution in [0.15, 0.2) is 12.1 Å². The molecule has 0 bridgehead atoms. The number of rotatable bonds is 16. The van der Waals surface area contributed by atoms with Crippen LogP contribution in [0.2, 0.25) is 0 Å². The molecule has 3 heterocycles. The number of aliphatic carboxylic acids is 1. The fourth-order valence-corrected chi connectivity index (χ4v) is 6.15. The molecule has 11 nitrogen and oxygen atoms in total. The largest absolute Gasteiger partial charge is 0.493 e. The van der Waals surface area contributed by atoms with E-state index in [1.165, 1.54) is 0 Å². The molecular formula is C30H47N3O8. The Balaban J connectivity index is 1.56. The van der Waals surface area contributed by atoms with E-state index in [0.717, 1.165) is 37.8 Å². The lowest BCUT2D eigenvalue weighted by atomic mass is 9.83. The minimum Gasteiger partial charge on any atom is -0.493 e. The fraction of sp³-hybridized carbons (Fsp3) is 0.733. The van der Waals surface area contributed by atoms with Crippen LogP contribution in [0, 0.1) is 5.92 Å². The van der Waals surface area contributed by atoms with Gasteiger partial charge in [-0.3, -0.25) is 14.5 Å². The van der Waals surface area contributed by atoms with Crippen LogP contribution < -0.4 is 14.2 Å². The molecule has 1 amide bonds. The first-order chi connectivity index (χ1) is 19.8. The van der Waals surface area contributed by atoms with Gasteiger partial charge in [-0.15, -0.1) is 0 Å². The van der Waals surface area contributed by atoms with Gasteiger partial charge < -0.3 is 38.6 Å². The summed E-state index contributed by atoms with van der Waals surface area (Å²) in [6.07, 6.45) is 4.67. The van der Waals surface area contributed by atoms with Crippen molar-refractivity contribution in [2.75, 3.05) is 73.9 Å². The van der Waals surface area contributed by atoms with Gasteiger partial charge in [0.15, 0.2) is 17.8 Å². The van der Waals surface area contributed by atoms with Crippen LogP contribution in [0.5, 0.6) is 17.2 Å². The molecule has 3 atom stereocenters. The number of amides is 1. The third-order valence-electron chi connectivity index (χ3n) is 8.29. The molecule has 1 unspecified atom stereocenters. The number of likely N-dealkylation sites (tertiary alicyclic amines) is 1. The number of ether oxygens (including phenoxy) is 5. The monoisotopic (exact) mass is 577 g/mol. The molecule has 1 N–H and O–H groups in total. The summed E-state index contributed by atoms with van der Waals surface area (Å²) < 4.78 is 28.1. The van der Waals surface area contributed by atoms with E-state index in [9.17, 15) is 14.7 Å². The summed E-state index contributed by atoms with van der Waals surface area (Å²) in [4.78, 5) is 32.8. The van der Waals surface area contributed by atoms with Gasteiger partial charge in [0.1, 0.15) is 0 Å². The standard InChI is InChI=1S/C30H47N3O8/c1-5-6-12-32(13-8-7-11-31(2)3)26(34)19-33-18-22(21-16-24(37-4)29-25(17-21)40-20-41-29)28(30(35)36)23(33)9-10-27-38-14-15-39-27/h16-17,22-23,27-28H,5-15,18-20H2,1-4H3,(H,35,36)/t22-,23+,28?/m1/s1. The number of carboxylic acids is 1. The quantitative estimate of drug-likeness (QED) is 0.295. The molecule has 11 heteroatoms. The van der Waals surface area contributed by atoms with Gasteiger partial charge in [-0.25, -0.2) is 0 Å². The second-order valence-electron chi connectivity index (χ2n) is 11.4. The number of carboxylic acid groups (broad SMARTS) is 1. The summed E-state index contributed by atoms with van der Waals surface area (Å²) in [6, 6.07) is 3.35. The Hall–Kier alpha value is -2.60. The second kappa shape index (κ2) is 15.0. The average molecular weight is 578 g/mol. The van der Waals surface area contributed by atoms with E-state index in [4.69, 9.17) is 23.7 Å². The summed E-state index contributed by atoms with van der Waals surface area (Å²) in [7, 11) is 5.67. The molecule has 1 aromatic carbocycles. The first-order valence-corrected chi connectivity index (χ1v) is 14.9. The first kappa shape index (κ1) is 31.3. The smallest absolute Gasteiger partial charge is 0.308 e. The molecule has 2 fully saturated rings. The van der Waals surface area contributed by atoms with E-state index in [-0.39, 0.29) is 37.5 Å². The van der Waals surface area contributed by atoms with Gasteiger partial charge in [-0.2, -0.15) is 0 Å². The van der Waals surface area contributed by atoms with Crippen LogP contribution >= 0.6 is 0 Å². The Bertz CT molecular complexity index is 1020. The van der Waals surface area contributed by atoms with E-state index >= 15 is 0 Å². The summed E-state index contributed by atoms with van der Waals surface area (Å²) >= 11 is 0. The Morgan fingerprint density at radius 1 is 1.05 bits per heavy atom. The number of nitrogens with zero attached hydrogens (tertiary/aromatic N) is 3. The van der Waals surface area contributed by atoms with Gasteiger partial charge in [0.05, 0.1) is 32.8 Å². The lowest BCUT2D eigenvalue weighted by Crippen LogP contribution is -2.45. The number of methoxy groups -OCH3 is 1. The number of fused-ring (bicyclic) bond motifs is 1. The molecule has 0 aromatic heterocycles. The Kier molecular flexibility index (Phi) is 11.5. The Morgan fingerprint density at radius 3 is 2.46 bits per heavy atom. The SMILES string of the molecule is CCCCN(CCCCN(C)C)C(=O)CN1C[C@H](c2cc(OC)c3c(c2)OCO3)C(C(=O)O)[C@@H]1CCC1OCCO1. The van der Waals surface area contributed by atoms with Crippen molar-refractivity contribution in [2.24, 2.45) is 5.92 Å². The highest BCUT2D eigenvalue weighted by atomic mass is 16.7. The van der Waals surface area contributed by atoms with Crippen molar-refractivity contribution >= 4 is 11.9 Å². The van der Waals surface area contributed by atoms with E-state index in [1.54, 1.807) is 7.11 Å². The van der Waals surface area contributed by atoms with Crippen molar-refractivity contribution in [3.05, 3.63) is 17.7 Å². The van der Waals surface area contributed by atoms with Gasteiger partial charge in [0, 0.05) is 31.6 Å². The molecule has 0 aliphatic carbocycles. The van der Waals surface area contributed by atoms with Crippen molar-refractivity contribution in [3.63, 3.8) is 0 Å². The molecule has 3 aliphatic heterocycles. The molecule has 3 aliphatic rings. The molecule has 0 radical (unpaired) electrons. The molecular weight excluding hydrogens is 530 g/mol. The van der Waals surface area contributed by atoms with Crippen LogP contribution in [0.1, 0.15) is 56.9 Å². The van der Waals surface area contributed by atoms with Crippen LogP contribution in [-0.2, 0) is 19.1 Å². The fourth-order valence-electron chi connectivity index (χ4n) is 6.15. The molecule has 0 saturated carbocycles. The maximum absolute atomic E-state index is 13.7. The molecule has 2 saturated heterocycles. The molecule has 1 aromatic rings. The van der Waals surface area contributed by atoms with Gasteiger partial charge >= 0.3 is 5.97 Å². The number of carbonyl (C=O) groups excluding carboxylic acids is 1. The number of unbranched alkanes of at least 4 members (excludes halogenated alkanes) is 2. The number of benzene rings is 1. The average Bonchev–Trinajstić information content (AvgIpc) is 3.70. The zero-order chi connectivity index (χ0) is 29.4. The molecule has 41 heavy (non-hydrogen) atoms. The summed E-state index contributed by atoms with van der Waals surface area (Å²) in [5.74, 6) is -0.323. The van der Waals surface area contributed by atoms with E-state index in [2.05, 4.69) is 30.8 Å².